The zero-order valence-corrected chi connectivity index (χ0v) is 21.7. The molecule has 0 saturated heterocycles. The molecular formula is C32H36F2N2O2. The fourth-order valence-corrected chi connectivity index (χ4v) is 4.17. The van der Waals surface area contributed by atoms with Crippen LogP contribution in [0, 0.1) is 11.6 Å². The van der Waals surface area contributed by atoms with Gasteiger partial charge in [-0.1, -0.05) is 36.4 Å². The number of fused-ring (bicyclic) bond motifs is 1. The van der Waals surface area contributed by atoms with E-state index in [1.165, 1.54) is 24.3 Å². The molecule has 6 heteroatoms. The molecule has 0 aliphatic heterocycles. The van der Waals surface area contributed by atoms with Crippen molar-refractivity contribution in [2.24, 2.45) is 0 Å². The van der Waals surface area contributed by atoms with Gasteiger partial charge in [0.15, 0.2) is 0 Å². The molecule has 0 bridgehead atoms. The van der Waals surface area contributed by atoms with Crippen LogP contribution in [0.2, 0.25) is 0 Å². The van der Waals surface area contributed by atoms with E-state index < -0.39 is 0 Å². The highest BCUT2D eigenvalue weighted by atomic mass is 19.1. The van der Waals surface area contributed by atoms with Gasteiger partial charge in [-0.3, -0.25) is 0 Å². The molecule has 0 atom stereocenters. The Balaban J connectivity index is 1.09. The van der Waals surface area contributed by atoms with Crippen molar-refractivity contribution < 1.29 is 18.3 Å². The number of halogens is 2. The van der Waals surface area contributed by atoms with Gasteiger partial charge < -0.3 is 20.1 Å². The fourth-order valence-electron chi connectivity index (χ4n) is 4.17. The van der Waals surface area contributed by atoms with Crippen molar-refractivity contribution in [1.29, 1.82) is 0 Å². The van der Waals surface area contributed by atoms with E-state index in [1.54, 1.807) is 0 Å². The number of rotatable bonds is 16. The van der Waals surface area contributed by atoms with Crippen LogP contribution in [0.1, 0.15) is 24.0 Å². The van der Waals surface area contributed by atoms with E-state index in [0.717, 1.165) is 85.3 Å². The van der Waals surface area contributed by atoms with E-state index in [0.29, 0.717) is 13.2 Å². The lowest BCUT2D eigenvalue weighted by atomic mass is 10.1. The minimum absolute atomic E-state index is 0.198. The van der Waals surface area contributed by atoms with Gasteiger partial charge in [0.05, 0.1) is 13.2 Å². The Bertz CT molecular complexity index is 1150. The Hall–Kier alpha value is -3.48. The minimum atomic E-state index is -0.198. The molecule has 0 radical (unpaired) electrons. The Morgan fingerprint density at radius 2 is 0.947 bits per heavy atom. The summed E-state index contributed by atoms with van der Waals surface area (Å²) < 4.78 is 37.8. The van der Waals surface area contributed by atoms with Crippen LogP contribution in [0.4, 0.5) is 8.78 Å². The zero-order valence-electron chi connectivity index (χ0n) is 21.7. The summed E-state index contributed by atoms with van der Waals surface area (Å²) in [5, 5.41) is 9.06. The summed E-state index contributed by atoms with van der Waals surface area (Å²) in [6.07, 6.45) is 3.57. The van der Waals surface area contributed by atoms with Gasteiger partial charge >= 0.3 is 0 Å². The molecule has 0 aliphatic rings. The van der Waals surface area contributed by atoms with E-state index in [4.69, 9.17) is 9.47 Å². The van der Waals surface area contributed by atoms with Crippen LogP contribution in [-0.4, -0.2) is 39.4 Å². The van der Waals surface area contributed by atoms with Gasteiger partial charge in [-0.2, -0.15) is 0 Å². The van der Waals surface area contributed by atoms with Crippen LogP contribution in [-0.2, 0) is 12.8 Å². The van der Waals surface area contributed by atoms with Crippen molar-refractivity contribution in [3.63, 3.8) is 0 Å². The van der Waals surface area contributed by atoms with Crippen molar-refractivity contribution in [2.75, 3.05) is 39.4 Å². The molecule has 0 aliphatic carbocycles. The molecule has 0 unspecified atom stereocenters. The summed E-state index contributed by atoms with van der Waals surface area (Å²) in [5.74, 6) is 1.31. The lowest BCUT2D eigenvalue weighted by molar-refractivity contribution is 0.308. The Labute approximate surface area is 224 Å². The maximum absolute atomic E-state index is 13.0. The molecule has 2 N–H and O–H groups in total. The predicted octanol–water partition coefficient (Wildman–Crippen LogP) is 6.32. The topological polar surface area (TPSA) is 42.5 Å². The Morgan fingerprint density at radius 1 is 0.500 bits per heavy atom. The molecule has 0 heterocycles. The lowest BCUT2D eigenvalue weighted by Crippen LogP contribution is -2.20. The number of ether oxygens (including phenoxy) is 2. The van der Waals surface area contributed by atoms with Crippen LogP contribution in [0.15, 0.2) is 84.9 Å². The van der Waals surface area contributed by atoms with Crippen molar-refractivity contribution >= 4 is 10.8 Å². The summed E-state index contributed by atoms with van der Waals surface area (Å²) >= 11 is 0. The average molecular weight is 519 g/mol. The molecule has 38 heavy (non-hydrogen) atoms. The largest absolute Gasteiger partial charge is 0.494 e. The maximum Gasteiger partial charge on any atom is 0.123 e. The SMILES string of the molecule is Fc1ccc(CCNCCCOc2ccc3ccc(OCCCNCCc4ccc(F)cc4)cc3c2)cc1. The second-order valence-corrected chi connectivity index (χ2v) is 9.33. The van der Waals surface area contributed by atoms with E-state index >= 15 is 0 Å². The van der Waals surface area contributed by atoms with Crippen molar-refractivity contribution in [3.8, 4) is 11.5 Å². The maximum atomic E-state index is 13.0. The minimum Gasteiger partial charge on any atom is -0.494 e. The molecule has 4 aromatic carbocycles. The molecular weight excluding hydrogens is 482 g/mol. The number of hydrogen-bond donors (Lipinski definition) is 2. The second kappa shape index (κ2) is 15.1. The number of hydrogen-bond acceptors (Lipinski definition) is 4. The van der Waals surface area contributed by atoms with Crippen LogP contribution in [0.3, 0.4) is 0 Å². The van der Waals surface area contributed by atoms with Crippen LogP contribution in [0.25, 0.3) is 10.8 Å². The zero-order chi connectivity index (χ0) is 26.4. The van der Waals surface area contributed by atoms with Crippen LogP contribution >= 0.6 is 0 Å². The highest BCUT2D eigenvalue weighted by Crippen LogP contribution is 2.25. The third kappa shape index (κ3) is 9.43. The number of nitrogens with one attached hydrogen (secondary N) is 2. The first kappa shape index (κ1) is 27.6. The predicted molar refractivity (Wildman–Crippen MR) is 150 cm³/mol. The first-order valence-electron chi connectivity index (χ1n) is 13.4. The van der Waals surface area contributed by atoms with E-state index in [-0.39, 0.29) is 11.6 Å². The van der Waals surface area contributed by atoms with Crippen LogP contribution < -0.4 is 20.1 Å². The fraction of sp³-hybridized carbons (Fsp3) is 0.312. The number of benzene rings is 4. The third-order valence-electron chi connectivity index (χ3n) is 6.32. The highest BCUT2D eigenvalue weighted by Gasteiger charge is 2.02. The van der Waals surface area contributed by atoms with Gasteiger partial charge in [0, 0.05) is 0 Å². The van der Waals surface area contributed by atoms with Gasteiger partial charge in [0.1, 0.15) is 23.1 Å². The standard InChI is InChI=1S/C32H36F2N2O2/c33-29-9-3-25(4-10-29)15-19-35-17-1-21-37-31-13-7-27-8-14-32(24-28(27)23-31)38-22-2-18-36-20-16-26-5-11-30(34)12-6-26/h3-14,23-24,35-36H,1-2,15-22H2. The molecule has 4 rings (SSSR count). The van der Waals surface area contributed by atoms with E-state index in [9.17, 15) is 8.78 Å². The normalized spacial score (nSPS) is 11.1. The van der Waals surface area contributed by atoms with E-state index in [1.807, 2.05) is 36.4 Å². The average Bonchev–Trinajstić information content (AvgIpc) is 2.94. The summed E-state index contributed by atoms with van der Waals surface area (Å²) in [5.41, 5.74) is 2.26. The second-order valence-electron chi connectivity index (χ2n) is 9.33. The molecule has 0 amide bonds. The molecule has 4 nitrogen and oxygen atoms in total. The quantitative estimate of drug-likeness (QED) is 0.170. The van der Waals surface area contributed by atoms with Crippen molar-refractivity contribution in [3.05, 3.63) is 108 Å². The molecule has 0 saturated carbocycles. The van der Waals surface area contributed by atoms with Gasteiger partial charge in [-0.25, -0.2) is 8.78 Å². The summed E-state index contributed by atoms with van der Waals surface area (Å²) in [6, 6.07) is 25.6. The molecule has 0 spiro atoms. The summed E-state index contributed by atoms with van der Waals surface area (Å²) in [4.78, 5) is 0. The molecule has 0 aromatic heterocycles. The lowest BCUT2D eigenvalue weighted by Gasteiger charge is -2.10. The monoisotopic (exact) mass is 518 g/mol. The Kier molecular flexibility index (Phi) is 10.9. The Morgan fingerprint density at radius 3 is 1.39 bits per heavy atom. The third-order valence-corrected chi connectivity index (χ3v) is 6.32. The van der Waals surface area contributed by atoms with Gasteiger partial charge in [0.25, 0.3) is 0 Å². The van der Waals surface area contributed by atoms with Gasteiger partial charge in [-0.15, -0.1) is 0 Å². The molecule has 0 fully saturated rings. The van der Waals surface area contributed by atoms with Crippen LogP contribution in [0.5, 0.6) is 11.5 Å². The first-order valence-corrected chi connectivity index (χ1v) is 13.4. The van der Waals surface area contributed by atoms with Gasteiger partial charge in [-0.05, 0) is 122 Å². The summed E-state index contributed by atoms with van der Waals surface area (Å²) in [7, 11) is 0. The van der Waals surface area contributed by atoms with Crippen molar-refractivity contribution in [1.82, 2.24) is 10.6 Å². The highest BCUT2D eigenvalue weighted by molar-refractivity contribution is 5.85. The molecule has 200 valence electrons. The first-order chi connectivity index (χ1) is 18.7. The molecule has 4 aromatic rings. The van der Waals surface area contributed by atoms with Crippen molar-refractivity contribution in [2.45, 2.75) is 25.7 Å². The van der Waals surface area contributed by atoms with Gasteiger partial charge in [0.2, 0.25) is 0 Å². The van der Waals surface area contributed by atoms with E-state index in [2.05, 4.69) is 34.9 Å². The smallest absolute Gasteiger partial charge is 0.123 e. The summed E-state index contributed by atoms with van der Waals surface area (Å²) in [6.45, 7) is 4.73.